The largest absolute Gasteiger partial charge is 0.379 e. The Morgan fingerprint density at radius 1 is 1.16 bits per heavy atom. The van der Waals surface area contributed by atoms with E-state index >= 15 is 0 Å². The summed E-state index contributed by atoms with van der Waals surface area (Å²) in [6.07, 6.45) is 0.849. The second-order valence-electron chi connectivity index (χ2n) is 8.17. The number of fused-ring (bicyclic) bond motifs is 1. The van der Waals surface area contributed by atoms with E-state index in [1.165, 1.54) is 4.68 Å². The molecular formula is C23H30N6O3. The van der Waals surface area contributed by atoms with Gasteiger partial charge in [-0.25, -0.2) is 9.36 Å². The molecule has 3 heterocycles. The average molecular weight is 439 g/mol. The summed E-state index contributed by atoms with van der Waals surface area (Å²) in [6, 6.07) is 8.95. The minimum absolute atomic E-state index is 0.214. The number of ether oxygens (including phenoxy) is 1. The van der Waals surface area contributed by atoms with Gasteiger partial charge in [-0.1, -0.05) is 18.2 Å². The van der Waals surface area contributed by atoms with E-state index in [9.17, 15) is 9.59 Å². The van der Waals surface area contributed by atoms with E-state index < -0.39 is 6.04 Å². The van der Waals surface area contributed by atoms with Gasteiger partial charge in [-0.2, -0.15) is 10.2 Å². The van der Waals surface area contributed by atoms with Crippen molar-refractivity contribution in [3.8, 4) is 5.69 Å². The highest BCUT2D eigenvalue weighted by Crippen LogP contribution is 2.20. The van der Waals surface area contributed by atoms with Crippen LogP contribution in [0.2, 0.25) is 0 Å². The Morgan fingerprint density at radius 3 is 2.59 bits per heavy atom. The van der Waals surface area contributed by atoms with Gasteiger partial charge in [-0.3, -0.25) is 14.5 Å². The van der Waals surface area contributed by atoms with Gasteiger partial charge in [0.2, 0.25) is 5.91 Å². The maximum Gasteiger partial charge on any atom is 0.278 e. The third-order valence-electron chi connectivity index (χ3n) is 5.94. The van der Waals surface area contributed by atoms with Crippen LogP contribution < -0.4 is 10.9 Å². The molecule has 1 aliphatic heterocycles. The number of morpholine rings is 1. The summed E-state index contributed by atoms with van der Waals surface area (Å²) >= 11 is 0. The molecule has 1 saturated heterocycles. The summed E-state index contributed by atoms with van der Waals surface area (Å²) in [4.78, 5) is 28.3. The minimum Gasteiger partial charge on any atom is -0.379 e. The van der Waals surface area contributed by atoms with Crippen LogP contribution >= 0.6 is 0 Å². The summed E-state index contributed by atoms with van der Waals surface area (Å²) in [6.45, 7) is 10.2. The van der Waals surface area contributed by atoms with Crippen molar-refractivity contribution in [1.82, 2.24) is 29.8 Å². The fourth-order valence-electron chi connectivity index (χ4n) is 4.06. The summed E-state index contributed by atoms with van der Waals surface area (Å²) in [7, 11) is 0. The number of nitrogens with zero attached hydrogens (tertiary/aromatic N) is 5. The van der Waals surface area contributed by atoms with Crippen molar-refractivity contribution in [3.05, 3.63) is 52.1 Å². The maximum absolute atomic E-state index is 13.3. The Morgan fingerprint density at radius 2 is 1.88 bits per heavy atom. The topological polar surface area (TPSA) is 94.3 Å². The number of rotatable bonds is 7. The summed E-state index contributed by atoms with van der Waals surface area (Å²) in [5.41, 5.74) is 2.47. The van der Waals surface area contributed by atoms with Crippen molar-refractivity contribution in [2.75, 3.05) is 39.4 Å². The first-order chi connectivity index (χ1) is 15.5. The molecule has 9 heteroatoms. The number of para-hydroxylation sites is 1. The summed E-state index contributed by atoms with van der Waals surface area (Å²) < 4.78 is 8.38. The Hall–Kier alpha value is -3.04. The monoisotopic (exact) mass is 438 g/mol. The van der Waals surface area contributed by atoms with Gasteiger partial charge in [0.05, 0.1) is 35.7 Å². The van der Waals surface area contributed by atoms with Crippen molar-refractivity contribution >= 4 is 16.8 Å². The molecule has 0 radical (unpaired) electrons. The number of hydrogen-bond donors (Lipinski definition) is 1. The Labute approximate surface area is 187 Å². The molecule has 9 nitrogen and oxygen atoms in total. The quantitative estimate of drug-likeness (QED) is 0.563. The molecule has 0 spiro atoms. The van der Waals surface area contributed by atoms with E-state index in [2.05, 4.69) is 20.4 Å². The second kappa shape index (κ2) is 9.62. The number of benzene rings is 1. The first-order valence-electron chi connectivity index (χ1n) is 11.1. The van der Waals surface area contributed by atoms with E-state index in [1.807, 2.05) is 44.2 Å². The van der Waals surface area contributed by atoms with Crippen molar-refractivity contribution in [2.24, 2.45) is 0 Å². The Bertz CT molecular complexity index is 1150. The van der Waals surface area contributed by atoms with Gasteiger partial charge >= 0.3 is 0 Å². The molecule has 0 aliphatic carbocycles. The summed E-state index contributed by atoms with van der Waals surface area (Å²) in [5, 5.41) is 12.5. The van der Waals surface area contributed by atoms with Crippen LogP contribution in [-0.2, 0) is 9.53 Å². The van der Waals surface area contributed by atoms with Gasteiger partial charge in [-0.05, 0) is 45.9 Å². The van der Waals surface area contributed by atoms with Crippen LogP contribution in [0, 0.1) is 13.8 Å². The third kappa shape index (κ3) is 4.44. The molecule has 1 N–H and O–H groups in total. The van der Waals surface area contributed by atoms with E-state index in [0.29, 0.717) is 23.1 Å². The fourth-order valence-corrected chi connectivity index (χ4v) is 4.06. The highest BCUT2D eigenvalue weighted by Gasteiger charge is 2.23. The second-order valence-corrected chi connectivity index (χ2v) is 8.17. The highest BCUT2D eigenvalue weighted by molar-refractivity contribution is 5.84. The predicted molar refractivity (Wildman–Crippen MR) is 122 cm³/mol. The first-order valence-corrected chi connectivity index (χ1v) is 11.1. The lowest BCUT2D eigenvalue weighted by Gasteiger charge is -2.26. The molecular weight excluding hydrogens is 408 g/mol. The van der Waals surface area contributed by atoms with Crippen molar-refractivity contribution in [3.63, 3.8) is 0 Å². The molecule has 2 aromatic heterocycles. The lowest BCUT2D eigenvalue weighted by Crippen LogP contribution is -2.40. The smallest absolute Gasteiger partial charge is 0.278 e. The van der Waals surface area contributed by atoms with Crippen molar-refractivity contribution in [1.29, 1.82) is 0 Å². The zero-order valence-electron chi connectivity index (χ0n) is 18.9. The zero-order chi connectivity index (χ0) is 22.7. The van der Waals surface area contributed by atoms with Crippen LogP contribution in [0.5, 0.6) is 0 Å². The van der Waals surface area contributed by atoms with E-state index in [-0.39, 0.29) is 11.5 Å². The summed E-state index contributed by atoms with van der Waals surface area (Å²) in [5.74, 6) is -0.214. The normalized spacial score (nSPS) is 15.7. The van der Waals surface area contributed by atoms with E-state index in [1.54, 1.807) is 11.6 Å². The van der Waals surface area contributed by atoms with E-state index in [0.717, 1.165) is 50.7 Å². The number of aromatic nitrogens is 4. The predicted octanol–water partition coefficient (Wildman–Crippen LogP) is 1.60. The number of aryl methyl sites for hydroxylation is 2. The van der Waals surface area contributed by atoms with Gasteiger partial charge < -0.3 is 10.1 Å². The standard InChI is InChI=1S/C23H30N6O3/c1-16-21-20(17(2)28(26-21)19-8-5-4-6-9-19)23(31)29(25-16)18(3)22(30)24-10-7-11-27-12-14-32-15-13-27/h4-6,8-9,18H,7,10-15H2,1-3H3,(H,24,30)/t18-/m0/s1. The molecule has 1 aromatic carbocycles. The number of carbonyl (C=O) groups is 1. The molecule has 0 saturated carbocycles. The first kappa shape index (κ1) is 22.2. The lowest BCUT2D eigenvalue weighted by atomic mass is 10.2. The zero-order valence-corrected chi connectivity index (χ0v) is 18.9. The van der Waals surface area contributed by atoms with Gasteiger partial charge in [-0.15, -0.1) is 0 Å². The molecule has 1 atom stereocenters. The van der Waals surface area contributed by atoms with Gasteiger partial charge in [0, 0.05) is 19.6 Å². The molecule has 4 rings (SSSR count). The molecule has 0 bridgehead atoms. The number of nitrogens with one attached hydrogen (secondary N) is 1. The molecule has 0 unspecified atom stereocenters. The van der Waals surface area contributed by atoms with Crippen LogP contribution in [0.3, 0.4) is 0 Å². The number of amides is 1. The molecule has 32 heavy (non-hydrogen) atoms. The maximum atomic E-state index is 13.3. The van der Waals surface area contributed by atoms with Crippen LogP contribution in [0.25, 0.3) is 16.6 Å². The molecule has 3 aromatic rings. The van der Waals surface area contributed by atoms with Crippen molar-refractivity contribution < 1.29 is 9.53 Å². The van der Waals surface area contributed by atoms with Gasteiger partial charge in [0.25, 0.3) is 5.56 Å². The molecule has 1 amide bonds. The van der Waals surface area contributed by atoms with Gasteiger partial charge in [0.15, 0.2) is 0 Å². The lowest BCUT2D eigenvalue weighted by molar-refractivity contribution is -0.124. The van der Waals surface area contributed by atoms with Gasteiger partial charge in [0.1, 0.15) is 11.6 Å². The average Bonchev–Trinajstić information content (AvgIpc) is 3.18. The van der Waals surface area contributed by atoms with Crippen molar-refractivity contribution in [2.45, 2.75) is 33.2 Å². The molecule has 1 fully saturated rings. The van der Waals surface area contributed by atoms with E-state index in [4.69, 9.17) is 4.74 Å². The van der Waals surface area contributed by atoms with Crippen LogP contribution in [0.1, 0.15) is 30.8 Å². The highest BCUT2D eigenvalue weighted by atomic mass is 16.5. The van der Waals surface area contributed by atoms with Crippen LogP contribution in [-0.4, -0.2) is 69.8 Å². The third-order valence-corrected chi connectivity index (χ3v) is 5.94. The Kier molecular flexibility index (Phi) is 6.66. The van der Waals surface area contributed by atoms with Crippen LogP contribution in [0.15, 0.2) is 35.1 Å². The SMILES string of the molecule is Cc1nn([C@@H](C)C(=O)NCCCN2CCOCC2)c(=O)c2c(C)n(-c3ccccc3)nc12. The fraction of sp³-hybridized carbons (Fsp3) is 0.478. The molecule has 1 aliphatic rings. The van der Waals surface area contributed by atoms with Crippen LogP contribution in [0.4, 0.5) is 0 Å². The Balaban J connectivity index is 1.50. The minimum atomic E-state index is -0.714. The number of hydrogen-bond acceptors (Lipinski definition) is 6. The number of carbonyl (C=O) groups excluding carboxylic acids is 1. The molecule has 170 valence electrons.